The van der Waals surface area contributed by atoms with Gasteiger partial charge in [-0.05, 0) is 0 Å². The van der Waals surface area contributed by atoms with Gasteiger partial charge in [0.15, 0.2) is 0 Å². The zero-order valence-electron chi connectivity index (χ0n) is 6.51. The number of hydrogen-bond acceptors (Lipinski definition) is 4. The largest absolute Gasteiger partial charge is 0.461 e. The van der Waals surface area contributed by atoms with Crippen LogP contribution in [-0.2, 0) is 9.53 Å². The predicted octanol–water partition coefficient (Wildman–Crippen LogP) is -0.736. The van der Waals surface area contributed by atoms with Crippen LogP contribution in [0.4, 0.5) is 0 Å². The molecule has 0 rings (SSSR count). The van der Waals surface area contributed by atoms with Crippen LogP contribution in [0, 0.1) is 0 Å². The van der Waals surface area contributed by atoms with E-state index in [1.165, 1.54) is 0 Å². The van der Waals surface area contributed by atoms with Crippen molar-refractivity contribution in [1.82, 2.24) is 5.32 Å². The molecule has 0 amide bonds. The van der Waals surface area contributed by atoms with Crippen LogP contribution in [0.5, 0.6) is 0 Å². The van der Waals surface area contributed by atoms with Crippen molar-refractivity contribution in [3.8, 4) is 0 Å². The van der Waals surface area contributed by atoms with Crippen LogP contribution in [0.25, 0.3) is 0 Å². The molecule has 11 heavy (non-hydrogen) atoms. The van der Waals surface area contributed by atoms with Crippen LogP contribution >= 0.6 is 0 Å². The van der Waals surface area contributed by atoms with E-state index in [-0.39, 0.29) is 5.97 Å². The van der Waals surface area contributed by atoms with Crippen molar-refractivity contribution in [3.63, 3.8) is 0 Å². The first-order chi connectivity index (χ1) is 5.31. The number of carbonyl (C=O) groups is 1. The van der Waals surface area contributed by atoms with Crippen molar-refractivity contribution in [2.75, 3.05) is 26.2 Å². The van der Waals surface area contributed by atoms with Gasteiger partial charge >= 0.3 is 5.97 Å². The van der Waals surface area contributed by atoms with E-state index in [0.29, 0.717) is 19.7 Å². The summed E-state index contributed by atoms with van der Waals surface area (Å²) in [6.07, 6.45) is 1.14. The Morgan fingerprint density at radius 2 is 2.36 bits per heavy atom. The highest BCUT2D eigenvalue weighted by Gasteiger charge is 1.92. The monoisotopic (exact) mass is 158 g/mol. The second-order valence-corrected chi connectivity index (χ2v) is 1.91. The molecule has 0 aliphatic carbocycles. The lowest BCUT2D eigenvalue weighted by Gasteiger charge is -2.02. The van der Waals surface area contributed by atoms with Gasteiger partial charge < -0.3 is 15.8 Å². The van der Waals surface area contributed by atoms with Crippen molar-refractivity contribution in [2.24, 2.45) is 5.73 Å². The fraction of sp³-hybridized carbons (Fsp3) is 0.571. The molecule has 0 atom stereocenters. The van der Waals surface area contributed by atoms with Gasteiger partial charge in [0.25, 0.3) is 0 Å². The molecule has 4 nitrogen and oxygen atoms in total. The first-order valence-corrected chi connectivity index (χ1v) is 3.51. The van der Waals surface area contributed by atoms with Gasteiger partial charge in [0.1, 0.15) is 6.61 Å². The van der Waals surface area contributed by atoms with Gasteiger partial charge in [0, 0.05) is 25.7 Å². The first-order valence-electron chi connectivity index (χ1n) is 3.51. The summed E-state index contributed by atoms with van der Waals surface area (Å²) >= 11 is 0. The summed E-state index contributed by atoms with van der Waals surface area (Å²) in [5.41, 5.74) is 5.21. The number of hydrogen-bond donors (Lipinski definition) is 2. The van der Waals surface area contributed by atoms with E-state index < -0.39 is 0 Å². The number of nitrogens with two attached hydrogens (primary N) is 1. The Hall–Kier alpha value is -0.870. The van der Waals surface area contributed by atoms with Gasteiger partial charge in [0.2, 0.25) is 0 Å². The summed E-state index contributed by atoms with van der Waals surface area (Å²) in [6.45, 7) is 5.60. The molecule has 0 heterocycles. The molecule has 0 saturated heterocycles. The summed E-state index contributed by atoms with van der Waals surface area (Å²) in [5.74, 6) is -0.389. The zero-order chi connectivity index (χ0) is 8.53. The van der Waals surface area contributed by atoms with E-state index in [1.807, 2.05) is 0 Å². The average molecular weight is 158 g/mol. The van der Waals surface area contributed by atoms with Gasteiger partial charge in [0.05, 0.1) is 0 Å². The second-order valence-electron chi connectivity index (χ2n) is 1.91. The van der Waals surface area contributed by atoms with E-state index >= 15 is 0 Å². The fourth-order valence-corrected chi connectivity index (χ4v) is 0.510. The number of rotatable bonds is 6. The van der Waals surface area contributed by atoms with Crippen LogP contribution < -0.4 is 11.1 Å². The third kappa shape index (κ3) is 7.02. The smallest absolute Gasteiger partial charge is 0.330 e. The Bertz CT molecular complexity index is 126. The molecule has 0 bridgehead atoms. The van der Waals surface area contributed by atoms with E-state index in [2.05, 4.69) is 16.6 Å². The molecule has 64 valence electrons. The van der Waals surface area contributed by atoms with Crippen LogP contribution in [0.1, 0.15) is 0 Å². The average Bonchev–Trinajstić information content (AvgIpc) is 2.04. The maximum absolute atomic E-state index is 10.5. The van der Waals surface area contributed by atoms with Crippen molar-refractivity contribution in [2.45, 2.75) is 0 Å². The highest BCUT2D eigenvalue weighted by atomic mass is 16.5. The zero-order valence-corrected chi connectivity index (χ0v) is 6.51. The molecule has 4 heteroatoms. The molecule has 0 aromatic carbocycles. The lowest BCUT2D eigenvalue weighted by molar-refractivity contribution is -0.137. The van der Waals surface area contributed by atoms with Gasteiger partial charge in [-0.2, -0.15) is 0 Å². The standard InChI is InChI=1S/C7H14N2O2/c1-2-7(10)11-6-5-9-4-3-8/h2,9H,1,3-6,8H2. The van der Waals surface area contributed by atoms with Crippen LogP contribution in [0.2, 0.25) is 0 Å². The molecule has 0 unspecified atom stereocenters. The van der Waals surface area contributed by atoms with Gasteiger partial charge in [-0.15, -0.1) is 0 Å². The number of nitrogens with one attached hydrogen (secondary N) is 1. The third-order valence-electron chi connectivity index (χ3n) is 1.01. The topological polar surface area (TPSA) is 64.3 Å². The van der Waals surface area contributed by atoms with E-state index in [1.54, 1.807) is 0 Å². The Balaban J connectivity index is 3.01. The van der Waals surface area contributed by atoms with Crippen LogP contribution in [0.3, 0.4) is 0 Å². The molecule has 0 fully saturated rings. The highest BCUT2D eigenvalue weighted by Crippen LogP contribution is 1.76. The van der Waals surface area contributed by atoms with Gasteiger partial charge in [-0.3, -0.25) is 0 Å². The summed E-state index contributed by atoms with van der Waals surface area (Å²) in [6, 6.07) is 0. The minimum absolute atomic E-state index is 0.366. The molecule has 3 N–H and O–H groups in total. The number of carbonyl (C=O) groups excluding carboxylic acids is 1. The minimum atomic E-state index is -0.389. The molecule has 0 radical (unpaired) electrons. The Kier molecular flexibility index (Phi) is 6.67. The van der Waals surface area contributed by atoms with Gasteiger partial charge in [-0.25, -0.2) is 4.79 Å². The predicted molar refractivity (Wildman–Crippen MR) is 43.1 cm³/mol. The Labute approximate surface area is 66.4 Å². The molecule has 0 saturated carbocycles. The normalized spacial score (nSPS) is 9.18. The van der Waals surface area contributed by atoms with Crippen molar-refractivity contribution < 1.29 is 9.53 Å². The molecular formula is C7H14N2O2. The van der Waals surface area contributed by atoms with E-state index in [0.717, 1.165) is 12.6 Å². The maximum Gasteiger partial charge on any atom is 0.330 e. The van der Waals surface area contributed by atoms with Crippen molar-refractivity contribution in [1.29, 1.82) is 0 Å². The summed E-state index contributed by atoms with van der Waals surface area (Å²) in [4.78, 5) is 10.5. The summed E-state index contributed by atoms with van der Waals surface area (Å²) in [7, 11) is 0. The SMILES string of the molecule is C=CC(=O)OCCNCCN. The molecule has 0 spiro atoms. The van der Waals surface area contributed by atoms with Crippen LogP contribution in [-0.4, -0.2) is 32.2 Å². The molecular weight excluding hydrogens is 144 g/mol. The molecule has 0 aliphatic heterocycles. The second kappa shape index (κ2) is 7.24. The number of esters is 1. The summed E-state index contributed by atoms with van der Waals surface area (Å²) in [5, 5.41) is 2.98. The summed E-state index contributed by atoms with van der Waals surface area (Å²) < 4.78 is 4.68. The fourth-order valence-electron chi connectivity index (χ4n) is 0.510. The highest BCUT2D eigenvalue weighted by molar-refractivity contribution is 5.81. The van der Waals surface area contributed by atoms with E-state index in [9.17, 15) is 4.79 Å². The van der Waals surface area contributed by atoms with Gasteiger partial charge in [-0.1, -0.05) is 6.58 Å². The van der Waals surface area contributed by atoms with Crippen LogP contribution in [0.15, 0.2) is 12.7 Å². The quantitative estimate of drug-likeness (QED) is 0.304. The lowest BCUT2D eigenvalue weighted by atomic mass is 10.6. The first kappa shape index (κ1) is 10.1. The maximum atomic E-state index is 10.5. The Morgan fingerprint density at radius 1 is 1.64 bits per heavy atom. The molecule has 0 aromatic heterocycles. The third-order valence-corrected chi connectivity index (χ3v) is 1.01. The van der Waals surface area contributed by atoms with E-state index in [4.69, 9.17) is 5.73 Å². The van der Waals surface area contributed by atoms with Crippen molar-refractivity contribution >= 4 is 5.97 Å². The lowest BCUT2D eigenvalue weighted by Crippen LogP contribution is -2.26. The molecule has 0 aromatic rings. The molecule has 0 aliphatic rings. The minimum Gasteiger partial charge on any atom is -0.461 e. The number of ether oxygens (including phenoxy) is 1. The van der Waals surface area contributed by atoms with Crippen molar-refractivity contribution in [3.05, 3.63) is 12.7 Å². The Morgan fingerprint density at radius 3 is 2.91 bits per heavy atom.